The second-order valence-corrected chi connectivity index (χ2v) is 7.80. The van der Waals surface area contributed by atoms with Gasteiger partial charge in [0, 0.05) is 10.8 Å². The summed E-state index contributed by atoms with van der Waals surface area (Å²) in [6.45, 7) is -0.721. The minimum absolute atomic E-state index is 0.0330. The van der Waals surface area contributed by atoms with Crippen LogP contribution in [0.15, 0.2) is 30.6 Å². The fourth-order valence-corrected chi connectivity index (χ4v) is 4.10. The van der Waals surface area contributed by atoms with Gasteiger partial charge in [0.15, 0.2) is 22.7 Å². The van der Waals surface area contributed by atoms with Crippen LogP contribution in [0.5, 0.6) is 23.0 Å². The molecular formula is C21H18O14. The molecular weight excluding hydrogens is 476 g/mol. The fraction of sp³-hybridized carbons (Fsp3) is 0.333. The van der Waals surface area contributed by atoms with Gasteiger partial charge in [-0.2, -0.15) is 4.89 Å². The van der Waals surface area contributed by atoms with Crippen molar-refractivity contribution in [3.05, 3.63) is 33.0 Å². The molecule has 0 spiro atoms. The third-order valence-electron chi connectivity index (χ3n) is 5.77. The average molecular weight is 494 g/mol. The number of hydrogen-bond donors (Lipinski definition) is 6. The highest BCUT2D eigenvalue weighted by atomic mass is 17.2. The molecule has 4 aromatic rings. The summed E-state index contributed by atoms with van der Waals surface area (Å²) in [5.41, 5.74) is -2.87. The minimum atomic E-state index is -1.81. The zero-order valence-corrected chi connectivity index (χ0v) is 17.7. The van der Waals surface area contributed by atoms with Gasteiger partial charge in [0.05, 0.1) is 24.5 Å². The molecule has 1 saturated heterocycles. The first-order chi connectivity index (χ1) is 16.7. The Hall–Kier alpha value is -3.66. The molecule has 0 radical (unpaired) electrons. The molecule has 0 saturated carbocycles. The van der Waals surface area contributed by atoms with Gasteiger partial charge in [0.1, 0.15) is 24.4 Å². The first-order valence-corrected chi connectivity index (χ1v) is 10.1. The number of aromatic hydroxyl groups is 2. The van der Waals surface area contributed by atoms with Crippen molar-refractivity contribution in [3.8, 4) is 23.0 Å². The Morgan fingerprint density at radius 3 is 2.20 bits per heavy atom. The molecule has 14 nitrogen and oxygen atoms in total. The Morgan fingerprint density at radius 2 is 1.54 bits per heavy atom. The van der Waals surface area contributed by atoms with Gasteiger partial charge in [0.2, 0.25) is 17.8 Å². The number of aliphatic hydroxyl groups excluding tert-OH is 4. The Morgan fingerprint density at radius 1 is 0.914 bits per heavy atom. The highest BCUT2D eigenvalue weighted by molar-refractivity contribution is 6.22. The number of aliphatic hydroxyl groups is 4. The van der Waals surface area contributed by atoms with E-state index in [1.54, 1.807) is 0 Å². The minimum Gasteiger partial charge on any atom is -0.504 e. The van der Waals surface area contributed by atoms with Crippen LogP contribution in [0.4, 0.5) is 0 Å². The quantitative estimate of drug-likeness (QED) is 0.0646. The highest BCUT2D eigenvalue weighted by Crippen LogP contribution is 2.46. The van der Waals surface area contributed by atoms with Crippen molar-refractivity contribution in [1.29, 1.82) is 0 Å². The number of phenols is 2. The predicted molar refractivity (Wildman–Crippen MR) is 113 cm³/mol. The molecule has 186 valence electrons. The number of benzene rings is 2. The lowest BCUT2D eigenvalue weighted by atomic mass is 9.99. The zero-order valence-electron chi connectivity index (χ0n) is 17.7. The molecule has 5 atom stereocenters. The maximum atomic E-state index is 12.8. The molecule has 3 heterocycles. The molecule has 1 unspecified atom stereocenters. The van der Waals surface area contributed by atoms with Crippen LogP contribution in [-0.4, -0.2) is 75.1 Å². The molecule has 14 heteroatoms. The molecule has 1 aliphatic heterocycles. The number of rotatable bonds is 5. The van der Waals surface area contributed by atoms with Crippen molar-refractivity contribution >= 4 is 32.7 Å². The van der Waals surface area contributed by atoms with Crippen molar-refractivity contribution in [2.24, 2.45) is 0 Å². The molecule has 2 aromatic heterocycles. The lowest BCUT2D eigenvalue weighted by molar-refractivity contribution is -0.278. The van der Waals surface area contributed by atoms with Crippen molar-refractivity contribution in [2.75, 3.05) is 13.7 Å². The Balaban J connectivity index is 1.78. The summed E-state index contributed by atoms with van der Waals surface area (Å²) in [6, 6.07) is 2.03. The van der Waals surface area contributed by atoms with E-state index in [1.165, 1.54) is 0 Å². The summed E-state index contributed by atoms with van der Waals surface area (Å²) in [5.74, 6) is -2.26. The zero-order chi connectivity index (χ0) is 25.2. The smallest absolute Gasteiger partial charge is 0.344 e. The van der Waals surface area contributed by atoms with Gasteiger partial charge in [0.25, 0.3) is 0 Å². The van der Waals surface area contributed by atoms with E-state index in [0.29, 0.717) is 0 Å². The maximum absolute atomic E-state index is 12.8. The summed E-state index contributed by atoms with van der Waals surface area (Å²) < 4.78 is 21.4. The molecule has 35 heavy (non-hydrogen) atoms. The van der Waals surface area contributed by atoms with E-state index < -0.39 is 71.4 Å². The number of hydrogen-bond acceptors (Lipinski definition) is 14. The van der Waals surface area contributed by atoms with E-state index in [2.05, 4.69) is 0 Å². The van der Waals surface area contributed by atoms with E-state index in [0.717, 1.165) is 19.2 Å². The van der Waals surface area contributed by atoms with E-state index in [-0.39, 0.29) is 32.9 Å². The molecule has 5 rings (SSSR count). The van der Waals surface area contributed by atoms with Crippen molar-refractivity contribution < 1.29 is 58.7 Å². The average Bonchev–Trinajstić information content (AvgIpc) is 2.83. The number of ether oxygens (including phenoxy) is 2. The molecule has 1 aliphatic rings. The van der Waals surface area contributed by atoms with E-state index in [4.69, 9.17) is 28.1 Å². The Bertz CT molecular complexity index is 1540. The standard InChI is InChI=1S/C21H18O14/c1-30-35-16-8(31-21-15(27)14(26)13(25)9(4-22)32-21)3-6-11-10-5(19(28)34-18(11)16)2-7(23)12(24)17(10)33-20(6)29/h2-3,9,13-15,21-27H,4H2,1H3/t9-,13-,14+,15-,21?/m1/s1. The largest absolute Gasteiger partial charge is 0.504 e. The van der Waals surface area contributed by atoms with Crippen LogP contribution in [0.1, 0.15) is 0 Å². The van der Waals surface area contributed by atoms with Crippen LogP contribution in [0.2, 0.25) is 0 Å². The highest BCUT2D eigenvalue weighted by Gasteiger charge is 2.45. The van der Waals surface area contributed by atoms with E-state index >= 15 is 0 Å². The van der Waals surface area contributed by atoms with Crippen LogP contribution in [-0.2, 0) is 9.62 Å². The van der Waals surface area contributed by atoms with Crippen LogP contribution in [0, 0.1) is 0 Å². The monoisotopic (exact) mass is 494 g/mol. The normalized spacial score (nSPS) is 25.0. The van der Waals surface area contributed by atoms with Crippen LogP contribution >= 0.6 is 0 Å². The van der Waals surface area contributed by atoms with Gasteiger partial charge in [-0.3, -0.25) is 0 Å². The predicted octanol–water partition coefficient (Wildman–Crippen LogP) is -0.980. The lowest BCUT2D eigenvalue weighted by Crippen LogP contribution is -2.60. The molecule has 2 aromatic carbocycles. The van der Waals surface area contributed by atoms with Gasteiger partial charge >= 0.3 is 11.3 Å². The van der Waals surface area contributed by atoms with Gasteiger partial charge in [-0.15, -0.1) is 0 Å². The first-order valence-electron chi connectivity index (χ1n) is 10.1. The third-order valence-corrected chi connectivity index (χ3v) is 5.77. The van der Waals surface area contributed by atoms with Crippen LogP contribution < -0.4 is 20.9 Å². The second-order valence-electron chi connectivity index (χ2n) is 7.80. The van der Waals surface area contributed by atoms with Gasteiger partial charge < -0.3 is 53.8 Å². The molecule has 6 N–H and O–H groups in total. The van der Waals surface area contributed by atoms with Crippen LogP contribution in [0.25, 0.3) is 32.7 Å². The fourth-order valence-electron chi connectivity index (χ4n) is 4.10. The Kier molecular flexibility index (Phi) is 5.43. The second kappa shape index (κ2) is 8.23. The van der Waals surface area contributed by atoms with Crippen LogP contribution in [0.3, 0.4) is 0 Å². The molecule has 1 fully saturated rings. The summed E-state index contributed by atoms with van der Waals surface area (Å²) >= 11 is 0. The summed E-state index contributed by atoms with van der Waals surface area (Å²) in [6.07, 6.45) is -8.20. The molecule has 0 bridgehead atoms. The van der Waals surface area contributed by atoms with Gasteiger partial charge in [-0.1, -0.05) is 0 Å². The van der Waals surface area contributed by atoms with E-state index in [9.17, 15) is 40.2 Å². The van der Waals surface area contributed by atoms with E-state index in [1.807, 2.05) is 0 Å². The topological polar surface area (TPSA) is 219 Å². The lowest BCUT2D eigenvalue weighted by Gasteiger charge is -2.39. The maximum Gasteiger partial charge on any atom is 0.344 e. The van der Waals surface area contributed by atoms with Gasteiger partial charge in [-0.25, -0.2) is 9.59 Å². The summed E-state index contributed by atoms with van der Waals surface area (Å²) in [4.78, 5) is 35.3. The third kappa shape index (κ3) is 3.35. The summed E-state index contributed by atoms with van der Waals surface area (Å²) in [5, 5.41) is 59.4. The van der Waals surface area contributed by atoms with Crippen molar-refractivity contribution in [2.45, 2.75) is 30.7 Å². The molecule has 0 aliphatic carbocycles. The SMILES string of the molecule is COOc1c(OC2O[C@H](CO)[C@@H](O)[C@H](O)[C@H]2O)cc2c(=O)oc3c(O)c(O)cc4c(=O)oc1c2c34. The van der Waals surface area contributed by atoms with Crippen molar-refractivity contribution in [3.63, 3.8) is 0 Å². The molecule has 0 amide bonds. The number of phenolic OH excluding ortho intramolecular Hbond substituents is 2. The summed E-state index contributed by atoms with van der Waals surface area (Å²) in [7, 11) is 1.12. The van der Waals surface area contributed by atoms with Crippen molar-refractivity contribution in [1.82, 2.24) is 0 Å². The Labute approximate surface area is 192 Å². The van der Waals surface area contributed by atoms with Gasteiger partial charge in [-0.05, 0) is 12.1 Å². The first kappa shape index (κ1) is 23.1.